The standard InChI is InChI=1S/C25H21ClN2O4/c26-19-11-13-21(14-12-19)31-15-6-16-32-23-10-5-4-7-18(23)17-22-24(29)27-28(25(22)30)20-8-2-1-3-9-20/h1-5,7-14,17H,6,15-16H2,(H,27,29)/b22-17-. The highest BCUT2D eigenvalue weighted by atomic mass is 35.5. The zero-order chi connectivity index (χ0) is 22.3. The summed E-state index contributed by atoms with van der Waals surface area (Å²) < 4.78 is 11.5. The molecule has 4 rings (SSSR count). The molecule has 1 aliphatic heterocycles. The van der Waals surface area contributed by atoms with Gasteiger partial charge >= 0.3 is 0 Å². The van der Waals surface area contributed by atoms with Crippen LogP contribution >= 0.6 is 11.6 Å². The Kier molecular flexibility index (Phi) is 6.72. The summed E-state index contributed by atoms with van der Waals surface area (Å²) >= 11 is 5.87. The monoisotopic (exact) mass is 448 g/mol. The van der Waals surface area contributed by atoms with Crippen molar-refractivity contribution in [3.63, 3.8) is 0 Å². The first-order valence-corrected chi connectivity index (χ1v) is 10.5. The summed E-state index contributed by atoms with van der Waals surface area (Å²) in [7, 11) is 0. The van der Waals surface area contributed by atoms with Crippen LogP contribution in [0.25, 0.3) is 6.08 Å². The van der Waals surface area contributed by atoms with Gasteiger partial charge in [0.2, 0.25) is 0 Å². The van der Waals surface area contributed by atoms with Crippen LogP contribution in [0.1, 0.15) is 12.0 Å². The summed E-state index contributed by atoms with van der Waals surface area (Å²) in [5, 5.41) is 1.90. The van der Waals surface area contributed by atoms with Crippen LogP contribution in [0.15, 0.2) is 84.4 Å². The first-order chi connectivity index (χ1) is 15.6. The van der Waals surface area contributed by atoms with Crippen molar-refractivity contribution in [2.45, 2.75) is 6.42 Å². The van der Waals surface area contributed by atoms with Crippen LogP contribution in [0, 0.1) is 0 Å². The summed E-state index contributed by atoms with van der Waals surface area (Å²) in [5.74, 6) is 0.468. The number of ether oxygens (including phenoxy) is 2. The maximum Gasteiger partial charge on any atom is 0.282 e. The molecule has 1 saturated heterocycles. The maximum atomic E-state index is 12.8. The van der Waals surface area contributed by atoms with Gasteiger partial charge in [0.1, 0.15) is 17.1 Å². The lowest BCUT2D eigenvalue weighted by molar-refractivity contribution is -0.117. The minimum Gasteiger partial charge on any atom is -0.493 e. The van der Waals surface area contributed by atoms with Crippen molar-refractivity contribution in [2.24, 2.45) is 0 Å². The molecule has 1 fully saturated rings. The summed E-state index contributed by atoms with van der Waals surface area (Å²) in [6.45, 7) is 0.905. The highest BCUT2D eigenvalue weighted by Crippen LogP contribution is 2.25. The molecule has 0 unspecified atom stereocenters. The second-order valence-electron chi connectivity index (χ2n) is 7.02. The molecule has 0 radical (unpaired) electrons. The number of halogens is 1. The average Bonchev–Trinajstić information content (AvgIpc) is 3.10. The zero-order valence-electron chi connectivity index (χ0n) is 17.2. The Labute approximate surface area is 191 Å². The van der Waals surface area contributed by atoms with E-state index in [1.165, 1.54) is 5.01 Å². The van der Waals surface area contributed by atoms with Crippen molar-refractivity contribution in [1.29, 1.82) is 0 Å². The van der Waals surface area contributed by atoms with E-state index in [4.69, 9.17) is 21.1 Å². The van der Waals surface area contributed by atoms with Crippen molar-refractivity contribution >= 4 is 35.2 Å². The third-order valence-corrected chi connectivity index (χ3v) is 5.01. The molecule has 1 aliphatic rings. The van der Waals surface area contributed by atoms with Crippen LogP contribution in [0.2, 0.25) is 5.02 Å². The Morgan fingerprint density at radius 3 is 2.31 bits per heavy atom. The Balaban J connectivity index is 1.38. The fourth-order valence-electron chi connectivity index (χ4n) is 3.16. The average molecular weight is 449 g/mol. The third kappa shape index (κ3) is 5.10. The molecule has 0 spiro atoms. The molecule has 1 heterocycles. The molecular formula is C25H21ClN2O4. The zero-order valence-corrected chi connectivity index (χ0v) is 17.9. The number of hydrogen-bond donors (Lipinski definition) is 1. The molecule has 0 aliphatic carbocycles. The van der Waals surface area contributed by atoms with Crippen molar-refractivity contribution in [3.05, 3.63) is 95.0 Å². The molecule has 3 aromatic rings. The number of carbonyl (C=O) groups is 2. The van der Waals surface area contributed by atoms with Gasteiger partial charge < -0.3 is 9.47 Å². The van der Waals surface area contributed by atoms with E-state index in [0.29, 0.717) is 41.7 Å². The highest BCUT2D eigenvalue weighted by molar-refractivity contribution is 6.31. The number of para-hydroxylation sites is 2. The second-order valence-corrected chi connectivity index (χ2v) is 7.45. The summed E-state index contributed by atoms with van der Waals surface area (Å²) in [4.78, 5) is 25.2. The molecule has 0 atom stereocenters. The quantitative estimate of drug-likeness (QED) is 0.309. The van der Waals surface area contributed by atoms with Gasteiger partial charge in [0.25, 0.3) is 11.8 Å². The van der Waals surface area contributed by atoms with Crippen molar-refractivity contribution in [2.75, 3.05) is 18.2 Å². The van der Waals surface area contributed by atoms with Crippen molar-refractivity contribution < 1.29 is 19.1 Å². The highest BCUT2D eigenvalue weighted by Gasteiger charge is 2.34. The predicted molar refractivity (Wildman–Crippen MR) is 124 cm³/mol. The molecule has 0 aromatic heterocycles. The lowest BCUT2D eigenvalue weighted by Gasteiger charge is -2.14. The third-order valence-electron chi connectivity index (χ3n) is 4.75. The molecule has 7 heteroatoms. The van der Waals surface area contributed by atoms with Gasteiger partial charge in [-0.2, -0.15) is 0 Å². The number of nitrogens with one attached hydrogen (secondary N) is 1. The second kappa shape index (κ2) is 10.0. The Hall–Kier alpha value is -3.77. The van der Waals surface area contributed by atoms with Crippen LogP contribution < -0.4 is 19.9 Å². The molecular weight excluding hydrogens is 428 g/mol. The predicted octanol–water partition coefficient (Wildman–Crippen LogP) is 4.65. The first-order valence-electron chi connectivity index (χ1n) is 10.1. The topological polar surface area (TPSA) is 67.9 Å². The van der Waals surface area contributed by atoms with Crippen molar-refractivity contribution in [1.82, 2.24) is 5.43 Å². The van der Waals surface area contributed by atoms with Crippen LogP contribution in [0.3, 0.4) is 0 Å². The molecule has 162 valence electrons. The lowest BCUT2D eigenvalue weighted by Crippen LogP contribution is -2.35. The number of benzene rings is 3. The Bertz CT molecular complexity index is 1130. The molecule has 32 heavy (non-hydrogen) atoms. The number of anilines is 1. The van der Waals surface area contributed by atoms with Gasteiger partial charge in [-0.05, 0) is 48.5 Å². The minimum absolute atomic E-state index is 0.0518. The van der Waals surface area contributed by atoms with Crippen LogP contribution in [0.4, 0.5) is 5.69 Å². The van der Waals surface area contributed by atoms with E-state index < -0.39 is 11.8 Å². The number of nitrogens with zero attached hydrogens (tertiary/aromatic N) is 1. The van der Waals surface area contributed by atoms with Gasteiger partial charge in [0, 0.05) is 17.0 Å². The fraction of sp³-hybridized carbons (Fsp3) is 0.120. The van der Waals surface area contributed by atoms with Gasteiger partial charge in [0.15, 0.2) is 0 Å². The molecule has 6 nitrogen and oxygen atoms in total. The van der Waals surface area contributed by atoms with E-state index in [-0.39, 0.29) is 5.57 Å². The first kappa shape index (κ1) is 21.5. The van der Waals surface area contributed by atoms with Gasteiger partial charge in [0.05, 0.1) is 18.9 Å². The normalized spacial score (nSPS) is 14.5. The fourth-order valence-corrected chi connectivity index (χ4v) is 3.29. The van der Waals surface area contributed by atoms with Crippen LogP contribution in [0.5, 0.6) is 11.5 Å². The van der Waals surface area contributed by atoms with Crippen LogP contribution in [-0.2, 0) is 9.59 Å². The Morgan fingerprint density at radius 2 is 1.53 bits per heavy atom. The molecule has 3 aromatic carbocycles. The molecule has 2 amide bonds. The summed E-state index contributed by atoms with van der Waals surface area (Å²) in [5.41, 5.74) is 3.90. The number of carbonyl (C=O) groups excluding carboxylic acids is 2. The maximum absolute atomic E-state index is 12.8. The van der Waals surface area contributed by atoms with E-state index in [2.05, 4.69) is 5.43 Å². The minimum atomic E-state index is -0.454. The molecule has 0 bridgehead atoms. The number of amides is 2. The van der Waals surface area contributed by atoms with E-state index >= 15 is 0 Å². The SMILES string of the molecule is O=C1NN(c2ccccc2)C(=O)/C1=C\c1ccccc1OCCCOc1ccc(Cl)cc1. The lowest BCUT2D eigenvalue weighted by atomic mass is 10.1. The molecule has 0 saturated carbocycles. The van der Waals surface area contributed by atoms with E-state index in [1.54, 1.807) is 54.6 Å². The van der Waals surface area contributed by atoms with E-state index in [0.717, 1.165) is 5.75 Å². The van der Waals surface area contributed by atoms with Gasteiger partial charge in [-0.1, -0.05) is 48.0 Å². The number of hydrogen-bond acceptors (Lipinski definition) is 4. The molecule has 1 N–H and O–H groups in total. The van der Waals surface area contributed by atoms with E-state index in [1.807, 2.05) is 30.3 Å². The van der Waals surface area contributed by atoms with Crippen molar-refractivity contribution in [3.8, 4) is 11.5 Å². The Morgan fingerprint density at radius 1 is 0.844 bits per heavy atom. The smallest absolute Gasteiger partial charge is 0.282 e. The van der Waals surface area contributed by atoms with Crippen LogP contribution in [-0.4, -0.2) is 25.0 Å². The number of rotatable bonds is 8. The largest absolute Gasteiger partial charge is 0.493 e. The van der Waals surface area contributed by atoms with Gasteiger partial charge in [-0.15, -0.1) is 0 Å². The van der Waals surface area contributed by atoms with Gasteiger partial charge in [-0.3, -0.25) is 15.0 Å². The number of hydrazine groups is 1. The van der Waals surface area contributed by atoms with Gasteiger partial charge in [-0.25, -0.2) is 5.01 Å². The summed E-state index contributed by atoms with van der Waals surface area (Å²) in [6.07, 6.45) is 2.22. The summed E-state index contributed by atoms with van der Waals surface area (Å²) in [6, 6.07) is 23.4. The van der Waals surface area contributed by atoms with E-state index in [9.17, 15) is 9.59 Å².